The summed E-state index contributed by atoms with van der Waals surface area (Å²) in [5, 5.41) is 3.62. The molecule has 1 aromatic heterocycles. The summed E-state index contributed by atoms with van der Waals surface area (Å²) >= 11 is 1.81. The van der Waals surface area contributed by atoms with E-state index >= 15 is 0 Å². The van der Waals surface area contributed by atoms with E-state index in [1.54, 1.807) is 0 Å². The Balaban J connectivity index is 1.79. The lowest BCUT2D eigenvalue weighted by atomic mass is 9.92. The van der Waals surface area contributed by atoms with Crippen LogP contribution >= 0.6 is 11.3 Å². The van der Waals surface area contributed by atoms with E-state index in [0.29, 0.717) is 18.1 Å². The second-order valence-corrected chi connectivity index (χ2v) is 6.29. The van der Waals surface area contributed by atoms with Gasteiger partial charge in [0.1, 0.15) is 0 Å². The van der Waals surface area contributed by atoms with Crippen molar-refractivity contribution in [2.24, 2.45) is 11.8 Å². The van der Waals surface area contributed by atoms with E-state index in [4.69, 9.17) is 10.6 Å². The van der Waals surface area contributed by atoms with Crippen LogP contribution < -0.4 is 11.3 Å². The Bertz CT molecular complexity index is 554. The van der Waals surface area contributed by atoms with Gasteiger partial charge in [0.2, 0.25) is 0 Å². The molecule has 1 aliphatic rings. The van der Waals surface area contributed by atoms with Crippen LogP contribution in [0.25, 0.3) is 10.1 Å². The molecule has 19 heavy (non-hydrogen) atoms. The molecule has 0 bridgehead atoms. The first-order valence-electron chi connectivity index (χ1n) is 6.80. The highest BCUT2D eigenvalue weighted by molar-refractivity contribution is 7.17. The van der Waals surface area contributed by atoms with Crippen molar-refractivity contribution in [3.05, 3.63) is 35.2 Å². The van der Waals surface area contributed by atoms with Crippen LogP contribution in [0.15, 0.2) is 29.6 Å². The summed E-state index contributed by atoms with van der Waals surface area (Å²) in [4.78, 5) is 0. The van der Waals surface area contributed by atoms with Crippen molar-refractivity contribution in [1.82, 2.24) is 5.43 Å². The summed E-state index contributed by atoms with van der Waals surface area (Å²) in [6.07, 6.45) is 2.43. The number of hydrogen-bond donors (Lipinski definition) is 2. The van der Waals surface area contributed by atoms with Gasteiger partial charge in [-0.2, -0.15) is 0 Å². The Labute approximate surface area is 117 Å². The lowest BCUT2D eigenvalue weighted by Crippen LogP contribution is -2.42. The number of hydrogen-bond acceptors (Lipinski definition) is 4. The molecule has 1 aliphatic heterocycles. The topological polar surface area (TPSA) is 47.3 Å². The van der Waals surface area contributed by atoms with E-state index in [1.165, 1.54) is 15.6 Å². The number of benzene rings is 1. The molecular weight excluding hydrogens is 256 g/mol. The van der Waals surface area contributed by atoms with Crippen molar-refractivity contribution >= 4 is 21.4 Å². The van der Waals surface area contributed by atoms with Crippen LogP contribution in [0.4, 0.5) is 0 Å². The minimum absolute atomic E-state index is 0.294. The van der Waals surface area contributed by atoms with Crippen molar-refractivity contribution in [1.29, 1.82) is 0 Å². The van der Waals surface area contributed by atoms with Crippen LogP contribution in [-0.4, -0.2) is 18.8 Å². The van der Waals surface area contributed by atoms with Crippen molar-refractivity contribution in [3.63, 3.8) is 0 Å². The van der Waals surface area contributed by atoms with Gasteiger partial charge in [0.05, 0.1) is 12.7 Å². The van der Waals surface area contributed by atoms with E-state index < -0.39 is 0 Å². The van der Waals surface area contributed by atoms with Crippen molar-refractivity contribution in [2.75, 3.05) is 6.61 Å². The van der Waals surface area contributed by atoms with Gasteiger partial charge < -0.3 is 4.74 Å². The quantitative estimate of drug-likeness (QED) is 0.667. The van der Waals surface area contributed by atoms with Crippen LogP contribution in [-0.2, 0) is 11.2 Å². The van der Waals surface area contributed by atoms with E-state index in [-0.39, 0.29) is 0 Å². The fourth-order valence-corrected chi connectivity index (χ4v) is 3.90. The molecule has 0 amide bonds. The van der Waals surface area contributed by atoms with Gasteiger partial charge in [-0.3, -0.25) is 11.3 Å². The summed E-state index contributed by atoms with van der Waals surface area (Å²) in [7, 11) is 0. The zero-order chi connectivity index (χ0) is 13.2. The van der Waals surface area contributed by atoms with Crippen LogP contribution in [0.1, 0.15) is 18.9 Å². The van der Waals surface area contributed by atoms with Gasteiger partial charge in [-0.25, -0.2) is 0 Å². The number of nitrogens with two attached hydrogens (primary N) is 1. The Morgan fingerprint density at radius 1 is 1.47 bits per heavy atom. The fraction of sp³-hybridized carbons (Fsp3) is 0.467. The minimum Gasteiger partial charge on any atom is -0.378 e. The zero-order valence-corrected chi connectivity index (χ0v) is 12.0. The molecule has 3 atom stereocenters. The fourth-order valence-electron chi connectivity index (χ4n) is 2.92. The zero-order valence-electron chi connectivity index (χ0n) is 11.1. The second-order valence-electron chi connectivity index (χ2n) is 5.37. The largest absolute Gasteiger partial charge is 0.378 e. The maximum atomic E-state index is 5.76. The minimum atomic E-state index is 0.294. The number of rotatable bonds is 4. The van der Waals surface area contributed by atoms with Crippen LogP contribution in [0.2, 0.25) is 0 Å². The van der Waals surface area contributed by atoms with Gasteiger partial charge >= 0.3 is 0 Å². The van der Waals surface area contributed by atoms with Gasteiger partial charge in [-0.05, 0) is 42.2 Å². The normalized spacial score (nSPS) is 24.9. The van der Waals surface area contributed by atoms with E-state index in [1.807, 2.05) is 11.3 Å². The monoisotopic (exact) mass is 276 g/mol. The summed E-state index contributed by atoms with van der Waals surface area (Å²) in [5.41, 5.74) is 4.38. The molecule has 0 aliphatic carbocycles. The Hall–Kier alpha value is -0.940. The summed E-state index contributed by atoms with van der Waals surface area (Å²) in [5.74, 6) is 6.27. The molecule has 3 nitrogen and oxygen atoms in total. The molecule has 3 N–H and O–H groups in total. The van der Waals surface area contributed by atoms with Gasteiger partial charge in [0.15, 0.2) is 0 Å². The Morgan fingerprint density at radius 2 is 2.32 bits per heavy atom. The van der Waals surface area contributed by atoms with Crippen molar-refractivity contribution in [2.45, 2.75) is 31.9 Å². The molecular formula is C15H20N2OS. The molecule has 102 valence electrons. The molecule has 0 spiro atoms. The third-order valence-electron chi connectivity index (χ3n) is 4.01. The lowest BCUT2D eigenvalue weighted by Gasteiger charge is -2.21. The molecule has 3 unspecified atom stereocenters. The molecule has 2 heterocycles. The highest BCUT2D eigenvalue weighted by Gasteiger charge is 2.29. The summed E-state index contributed by atoms with van der Waals surface area (Å²) < 4.78 is 7.01. The maximum absolute atomic E-state index is 5.76. The summed E-state index contributed by atoms with van der Waals surface area (Å²) in [6.45, 7) is 2.95. The number of nitrogens with one attached hydrogen (secondary N) is 1. The number of thiophene rings is 1. The van der Waals surface area contributed by atoms with Crippen LogP contribution in [0.3, 0.4) is 0 Å². The van der Waals surface area contributed by atoms with Crippen LogP contribution in [0.5, 0.6) is 0 Å². The van der Waals surface area contributed by atoms with E-state index in [0.717, 1.165) is 19.4 Å². The number of ether oxygens (including phenoxy) is 1. The molecule has 0 saturated carbocycles. The molecule has 3 rings (SSSR count). The third-order valence-corrected chi connectivity index (χ3v) is 5.03. The molecule has 1 aromatic carbocycles. The van der Waals surface area contributed by atoms with Gasteiger partial charge in [-0.15, -0.1) is 11.3 Å². The Morgan fingerprint density at radius 3 is 3.05 bits per heavy atom. The predicted octanol–water partition coefficient (Wildman–Crippen LogP) is 2.70. The number of fused-ring (bicyclic) bond motifs is 1. The van der Waals surface area contributed by atoms with Crippen LogP contribution in [0, 0.1) is 5.92 Å². The van der Waals surface area contributed by atoms with Gasteiger partial charge in [0, 0.05) is 16.7 Å². The first-order chi connectivity index (χ1) is 9.28. The number of hydrazine groups is 1. The highest BCUT2D eigenvalue weighted by Crippen LogP contribution is 2.29. The van der Waals surface area contributed by atoms with Crippen molar-refractivity contribution < 1.29 is 4.74 Å². The summed E-state index contributed by atoms with van der Waals surface area (Å²) in [6, 6.07) is 8.86. The average Bonchev–Trinajstić information content (AvgIpc) is 3.03. The molecule has 0 radical (unpaired) electrons. The smallest absolute Gasteiger partial charge is 0.0551 e. The molecule has 1 saturated heterocycles. The lowest BCUT2D eigenvalue weighted by molar-refractivity contribution is 0.117. The third kappa shape index (κ3) is 2.67. The maximum Gasteiger partial charge on any atom is 0.0551 e. The van der Waals surface area contributed by atoms with Crippen molar-refractivity contribution in [3.8, 4) is 0 Å². The van der Waals surface area contributed by atoms with E-state index in [2.05, 4.69) is 42.0 Å². The highest BCUT2D eigenvalue weighted by atomic mass is 32.1. The molecule has 2 aromatic rings. The Kier molecular flexibility index (Phi) is 3.84. The standard InChI is InChI=1S/C15H20N2OS/c1-10-6-11(8-18-10)14(17-16)7-12-9-19-15-5-3-2-4-13(12)15/h2-5,9-11,14,17H,6-8,16H2,1H3. The predicted molar refractivity (Wildman–Crippen MR) is 80.2 cm³/mol. The van der Waals surface area contributed by atoms with E-state index in [9.17, 15) is 0 Å². The second kappa shape index (κ2) is 5.59. The first-order valence-corrected chi connectivity index (χ1v) is 7.68. The SMILES string of the molecule is CC1CC(C(Cc2csc3ccccc23)NN)CO1. The van der Waals surface area contributed by atoms with Gasteiger partial charge in [-0.1, -0.05) is 18.2 Å². The molecule has 1 fully saturated rings. The van der Waals surface area contributed by atoms with Gasteiger partial charge in [0.25, 0.3) is 0 Å². The average molecular weight is 276 g/mol. The first kappa shape index (κ1) is 13.1. The molecule has 4 heteroatoms.